The number of para-hydroxylation sites is 2. The van der Waals surface area contributed by atoms with Gasteiger partial charge in [-0.3, -0.25) is 4.79 Å². The lowest BCUT2D eigenvalue weighted by atomic mass is 10.0. The van der Waals surface area contributed by atoms with Crippen LogP contribution >= 0.6 is 0 Å². The van der Waals surface area contributed by atoms with Crippen molar-refractivity contribution in [3.05, 3.63) is 90.0 Å². The van der Waals surface area contributed by atoms with Crippen LogP contribution in [0.4, 0.5) is 0 Å². The van der Waals surface area contributed by atoms with Crippen molar-refractivity contribution >= 4 is 11.8 Å². The molecule has 0 aliphatic heterocycles. The van der Waals surface area contributed by atoms with Gasteiger partial charge in [0.1, 0.15) is 5.75 Å². The van der Waals surface area contributed by atoms with Crippen LogP contribution in [0.2, 0.25) is 0 Å². The Morgan fingerprint density at radius 3 is 1.93 bits per heavy atom. The van der Waals surface area contributed by atoms with Gasteiger partial charge in [-0.15, -0.1) is 0 Å². The van der Waals surface area contributed by atoms with E-state index in [4.69, 9.17) is 14.2 Å². The number of carbonyl (C=O) groups is 2. The fourth-order valence-corrected chi connectivity index (χ4v) is 2.57. The van der Waals surface area contributed by atoms with E-state index in [0.29, 0.717) is 35.0 Å². The maximum atomic E-state index is 12.4. The first-order valence-corrected chi connectivity index (χ1v) is 8.92. The molecule has 0 aliphatic rings. The molecule has 0 atom stereocenters. The second kappa shape index (κ2) is 9.37. The molecule has 5 nitrogen and oxygen atoms in total. The Balaban J connectivity index is 1.57. The van der Waals surface area contributed by atoms with Gasteiger partial charge in [0.05, 0.1) is 6.61 Å². The van der Waals surface area contributed by atoms with E-state index in [9.17, 15) is 9.59 Å². The molecular formula is C23H20O5. The molecule has 3 aromatic rings. The summed E-state index contributed by atoms with van der Waals surface area (Å²) in [6, 6.07) is 22.5. The molecule has 28 heavy (non-hydrogen) atoms. The molecule has 0 saturated carbocycles. The minimum atomic E-state index is -0.548. The highest BCUT2D eigenvalue weighted by atomic mass is 16.6. The normalized spacial score (nSPS) is 10.2. The molecule has 5 heteroatoms. The maximum Gasteiger partial charge on any atom is 0.349 e. The molecule has 0 heterocycles. The van der Waals surface area contributed by atoms with Gasteiger partial charge < -0.3 is 14.2 Å². The molecule has 0 fully saturated rings. The number of hydrogen-bond acceptors (Lipinski definition) is 5. The van der Waals surface area contributed by atoms with E-state index in [2.05, 4.69) is 0 Å². The quantitative estimate of drug-likeness (QED) is 0.333. The second-order valence-electron chi connectivity index (χ2n) is 5.86. The van der Waals surface area contributed by atoms with E-state index >= 15 is 0 Å². The van der Waals surface area contributed by atoms with Crippen molar-refractivity contribution in [1.82, 2.24) is 0 Å². The minimum absolute atomic E-state index is 0.0886. The molecule has 0 unspecified atom stereocenters. The zero-order valence-corrected chi connectivity index (χ0v) is 15.5. The molecule has 0 aromatic heterocycles. The van der Waals surface area contributed by atoms with Gasteiger partial charge in [0.25, 0.3) is 0 Å². The van der Waals surface area contributed by atoms with Crippen LogP contribution in [-0.2, 0) is 4.79 Å². The van der Waals surface area contributed by atoms with Crippen molar-refractivity contribution in [2.75, 3.05) is 13.2 Å². The molecule has 0 N–H and O–H groups in total. The van der Waals surface area contributed by atoms with E-state index in [-0.39, 0.29) is 12.4 Å². The Morgan fingerprint density at radius 2 is 1.29 bits per heavy atom. The highest BCUT2D eigenvalue weighted by molar-refractivity contribution is 6.09. The highest BCUT2D eigenvalue weighted by Gasteiger charge is 2.11. The lowest BCUT2D eigenvalue weighted by molar-refractivity contribution is -0.136. The predicted octanol–water partition coefficient (Wildman–Crippen LogP) is 4.30. The van der Waals surface area contributed by atoms with Crippen molar-refractivity contribution in [3.8, 4) is 17.2 Å². The predicted molar refractivity (Wildman–Crippen MR) is 105 cm³/mol. The van der Waals surface area contributed by atoms with Crippen molar-refractivity contribution in [3.63, 3.8) is 0 Å². The van der Waals surface area contributed by atoms with E-state index in [1.54, 1.807) is 54.6 Å². The summed E-state index contributed by atoms with van der Waals surface area (Å²) in [6.45, 7) is 2.12. The molecule has 142 valence electrons. The van der Waals surface area contributed by atoms with E-state index in [1.807, 2.05) is 31.2 Å². The molecule has 3 rings (SSSR count). The summed E-state index contributed by atoms with van der Waals surface area (Å²) in [4.78, 5) is 24.4. The first-order valence-electron chi connectivity index (χ1n) is 8.92. The summed E-state index contributed by atoms with van der Waals surface area (Å²) in [6.07, 6.45) is 0. The third-order valence-corrected chi connectivity index (χ3v) is 3.88. The average molecular weight is 376 g/mol. The van der Waals surface area contributed by atoms with Crippen molar-refractivity contribution in [2.45, 2.75) is 6.92 Å². The topological polar surface area (TPSA) is 61.8 Å². The van der Waals surface area contributed by atoms with Crippen LogP contribution < -0.4 is 14.2 Å². The third kappa shape index (κ3) is 4.98. The summed E-state index contributed by atoms with van der Waals surface area (Å²) in [7, 11) is 0. The number of carbonyl (C=O) groups excluding carboxylic acids is 2. The summed E-state index contributed by atoms with van der Waals surface area (Å²) in [5.41, 5.74) is 1.13. The van der Waals surface area contributed by atoms with Crippen LogP contribution in [0.5, 0.6) is 17.2 Å². The second-order valence-corrected chi connectivity index (χ2v) is 5.86. The molecule has 0 aliphatic carbocycles. The molecule has 0 spiro atoms. The SMILES string of the molecule is CCOc1ccccc1OCC(=O)Oc1ccc(C(=O)c2ccccc2)cc1. The zero-order chi connectivity index (χ0) is 19.8. The summed E-state index contributed by atoms with van der Waals surface area (Å²) < 4.78 is 16.2. The van der Waals surface area contributed by atoms with Gasteiger partial charge in [-0.25, -0.2) is 4.79 Å². The standard InChI is InChI=1S/C23H20O5/c1-2-26-20-10-6-7-11-21(20)27-16-22(24)28-19-14-12-18(13-15-19)23(25)17-8-4-3-5-9-17/h3-15H,2,16H2,1H3. The molecule has 0 amide bonds. The van der Waals surface area contributed by atoms with E-state index in [1.165, 1.54) is 0 Å². The molecule has 0 saturated heterocycles. The maximum absolute atomic E-state index is 12.4. The largest absolute Gasteiger partial charge is 0.490 e. The molecule has 0 radical (unpaired) electrons. The number of ketones is 1. The third-order valence-electron chi connectivity index (χ3n) is 3.88. The summed E-state index contributed by atoms with van der Waals surface area (Å²) >= 11 is 0. The summed E-state index contributed by atoms with van der Waals surface area (Å²) in [5, 5.41) is 0. The fourth-order valence-electron chi connectivity index (χ4n) is 2.57. The first-order chi connectivity index (χ1) is 13.7. The van der Waals surface area contributed by atoms with Gasteiger partial charge in [0.2, 0.25) is 0 Å². The van der Waals surface area contributed by atoms with Crippen molar-refractivity contribution in [1.29, 1.82) is 0 Å². The first kappa shape index (κ1) is 19.2. The fraction of sp³-hybridized carbons (Fsp3) is 0.130. The lowest BCUT2D eigenvalue weighted by Crippen LogP contribution is -2.18. The summed E-state index contributed by atoms with van der Waals surface area (Å²) in [5.74, 6) is 0.755. The number of rotatable bonds is 8. The number of esters is 1. The Kier molecular flexibility index (Phi) is 6.41. The van der Waals surface area contributed by atoms with Crippen LogP contribution in [0.1, 0.15) is 22.8 Å². The average Bonchev–Trinajstić information content (AvgIpc) is 2.74. The zero-order valence-electron chi connectivity index (χ0n) is 15.5. The molecule has 0 bridgehead atoms. The Morgan fingerprint density at radius 1 is 0.714 bits per heavy atom. The van der Waals surface area contributed by atoms with Crippen molar-refractivity contribution < 1.29 is 23.8 Å². The number of benzene rings is 3. The van der Waals surface area contributed by atoms with E-state index in [0.717, 1.165) is 0 Å². The van der Waals surface area contributed by atoms with Gasteiger partial charge in [-0.05, 0) is 43.3 Å². The minimum Gasteiger partial charge on any atom is -0.490 e. The number of ether oxygens (including phenoxy) is 3. The monoisotopic (exact) mass is 376 g/mol. The van der Waals surface area contributed by atoms with Crippen molar-refractivity contribution in [2.24, 2.45) is 0 Å². The van der Waals surface area contributed by atoms with Gasteiger partial charge in [-0.1, -0.05) is 42.5 Å². The highest BCUT2D eigenvalue weighted by Crippen LogP contribution is 2.26. The molecule has 3 aromatic carbocycles. The van der Waals surface area contributed by atoms with Gasteiger partial charge in [0, 0.05) is 11.1 Å². The molecular weight excluding hydrogens is 356 g/mol. The van der Waals surface area contributed by atoms with Gasteiger partial charge in [0.15, 0.2) is 23.9 Å². The van der Waals surface area contributed by atoms with Crippen LogP contribution in [0.15, 0.2) is 78.9 Å². The van der Waals surface area contributed by atoms with Gasteiger partial charge in [-0.2, -0.15) is 0 Å². The van der Waals surface area contributed by atoms with E-state index < -0.39 is 5.97 Å². The van der Waals surface area contributed by atoms with Crippen LogP contribution in [0, 0.1) is 0 Å². The Hall–Kier alpha value is -3.60. The Labute approximate surface area is 163 Å². The van der Waals surface area contributed by atoms with Crippen LogP contribution in [0.25, 0.3) is 0 Å². The smallest absolute Gasteiger partial charge is 0.349 e. The Bertz CT molecular complexity index is 933. The lowest BCUT2D eigenvalue weighted by Gasteiger charge is -2.11. The number of hydrogen-bond donors (Lipinski definition) is 0. The van der Waals surface area contributed by atoms with Crippen LogP contribution in [-0.4, -0.2) is 25.0 Å². The van der Waals surface area contributed by atoms with Gasteiger partial charge >= 0.3 is 5.97 Å². The van der Waals surface area contributed by atoms with Crippen LogP contribution in [0.3, 0.4) is 0 Å².